The Kier molecular flexibility index (Phi) is 16.6. The fourth-order valence-corrected chi connectivity index (χ4v) is 4.40. The van der Waals surface area contributed by atoms with Crippen molar-refractivity contribution in [3.63, 3.8) is 0 Å². The highest BCUT2D eigenvalue weighted by atomic mass is 16.5. The smallest absolute Gasteiger partial charge is 0.333 e. The predicted octanol–water partition coefficient (Wildman–Crippen LogP) is 10.5. The summed E-state index contributed by atoms with van der Waals surface area (Å²) in [7, 11) is 0. The number of benzene rings is 2. The van der Waals surface area contributed by atoms with E-state index in [-0.39, 0.29) is 5.97 Å². The van der Waals surface area contributed by atoms with Crippen molar-refractivity contribution in [2.75, 3.05) is 13.2 Å². The standard InChI is InChI=1S/C34H50N2O3/c1-5-7-9-10-11-12-16-30(27-39-34(37)28(3)4)17-13-14-26-38-33-24-22-32(23-25-33)36-35-31-20-18-29(19-21-31)15-8-6-2/h18-25,30H,3,5-17,26-27H2,1-2,4H3/b36-35+. The summed E-state index contributed by atoms with van der Waals surface area (Å²) in [6, 6.07) is 16.1. The van der Waals surface area contributed by atoms with E-state index in [0.717, 1.165) is 49.2 Å². The van der Waals surface area contributed by atoms with Crippen molar-refractivity contribution in [3.05, 3.63) is 66.2 Å². The highest BCUT2D eigenvalue weighted by Crippen LogP contribution is 2.23. The Hall–Kier alpha value is -2.95. The van der Waals surface area contributed by atoms with E-state index in [0.29, 0.717) is 24.7 Å². The molecule has 2 aromatic rings. The average Bonchev–Trinajstić information content (AvgIpc) is 2.95. The third-order valence-electron chi connectivity index (χ3n) is 6.91. The first-order valence-corrected chi connectivity index (χ1v) is 15.1. The van der Waals surface area contributed by atoms with Gasteiger partial charge >= 0.3 is 5.97 Å². The molecule has 0 spiro atoms. The minimum Gasteiger partial charge on any atom is -0.494 e. The van der Waals surface area contributed by atoms with Crippen LogP contribution in [-0.4, -0.2) is 19.2 Å². The molecule has 0 saturated heterocycles. The molecular formula is C34H50N2O3. The molecule has 1 atom stereocenters. The molecule has 2 aromatic carbocycles. The summed E-state index contributed by atoms with van der Waals surface area (Å²) in [5, 5.41) is 8.71. The molecule has 0 N–H and O–H groups in total. The third kappa shape index (κ3) is 14.7. The van der Waals surface area contributed by atoms with Crippen LogP contribution in [0, 0.1) is 5.92 Å². The highest BCUT2D eigenvalue weighted by Gasteiger charge is 2.12. The molecule has 0 radical (unpaired) electrons. The van der Waals surface area contributed by atoms with E-state index < -0.39 is 0 Å². The van der Waals surface area contributed by atoms with Crippen LogP contribution < -0.4 is 4.74 Å². The summed E-state index contributed by atoms with van der Waals surface area (Å²) < 4.78 is 11.4. The SMILES string of the molecule is C=C(C)C(=O)OCC(CCCCCCCC)CCCCOc1ccc(/N=N/c2ccc(CCCC)cc2)cc1. The number of rotatable bonds is 21. The maximum absolute atomic E-state index is 11.9. The average molecular weight is 535 g/mol. The van der Waals surface area contributed by atoms with Crippen LogP contribution in [0.4, 0.5) is 11.4 Å². The summed E-state index contributed by atoms with van der Waals surface area (Å²) in [5.74, 6) is 0.958. The minimum atomic E-state index is -0.283. The maximum Gasteiger partial charge on any atom is 0.333 e. The quantitative estimate of drug-likeness (QED) is 0.0692. The van der Waals surface area contributed by atoms with E-state index in [1.807, 2.05) is 36.4 Å². The lowest BCUT2D eigenvalue weighted by molar-refractivity contribution is -0.140. The second-order valence-corrected chi connectivity index (χ2v) is 10.6. The summed E-state index contributed by atoms with van der Waals surface area (Å²) in [6.07, 6.45) is 15.4. The van der Waals surface area contributed by atoms with E-state index in [2.05, 4.69) is 42.8 Å². The van der Waals surface area contributed by atoms with E-state index in [1.54, 1.807) is 6.92 Å². The van der Waals surface area contributed by atoms with Crippen molar-refractivity contribution >= 4 is 17.3 Å². The largest absolute Gasteiger partial charge is 0.494 e. The monoisotopic (exact) mass is 534 g/mol. The fraction of sp³-hybridized carbons (Fsp3) is 0.559. The Bertz CT molecular complexity index is 967. The normalized spacial score (nSPS) is 12.0. The number of hydrogen-bond donors (Lipinski definition) is 0. The molecular weight excluding hydrogens is 484 g/mol. The number of nitrogens with zero attached hydrogens (tertiary/aromatic N) is 2. The van der Waals surface area contributed by atoms with Crippen molar-refractivity contribution in [2.45, 2.75) is 104 Å². The first kappa shape index (κ1) is 32.3. The zero-order valence-electron chi connectivity index (χ0n) is 24.6. The lowest BCUT2D eigenvalue weighted by Gasteiger charge is -2.17. The second-order valence-electron chi connectivity index (χ2n) is 10.6. The molecule has 1 unspecified atom stereocenters. The Morgan fingerprint density at radius 1 is 0.769 bits per heavy atom. The summed E-state index contributed by atoms with van der Waals surface area (Å²) in [6.45, 7) is 11.0. The van der Waals surface area contributed by atoms with Gasteiger partial charge < -0.3 is 9.47 Å². The third-order valence-corrected chi connectivity index (χ3v) is 6.91. The molecule has 0 saturated carbocycles. The van der Waals surface area contributed by atoms with E-state index in [4.69, 9.17) is 9.47 Å². The lowest BCUT2D eigenvalue weighted by atomic mass is 9.95. The number of azo groups is 1. The number of ether oxygens (including phenoxy) is 2. The first-order valence-electron chi connectivity index (χ1n) is 15.1. The van der Waals surface area contributed by atoms with Gasteiger partial charge in [-0.15, -0.1) is 0 Å². The molecule has 0 fully saturated rings. The van der Waals surface area contributed by atoms with Crippen LogP contribution in [0.1, 0.15) is 103 Å². The van der Waals surface area contributed by atoms with Gasteiger partial charge in [0.2, 0.25) is 0 Å². The van der Waals surface area contributed by atoms with Gasteiger partial charge in [-0.1, -0.05) is 77.5 Å². The number of carbonyl (C=O) groups is 1. The molecule has 2 rings (SSSR count). The van der Waals surface area contributed by atoms with Crippen LogP contribution in [0.3, 0.4) is 0 Å². The summed E-state index contributed by atoms with van der Waals surface area (Å²) >= 11 is 0. The lowest BCUT2D eigenvalue weighted by Crippen LogP contribution is -2.15. The van der Waals surface area contributed by atoms with Gasteiger partial charge in [0, 0.05) is 5.57 Å². The Balaban J connectivity index is 1.70. The molecule has 0 aliphatic carbocycles. The van der Waals surface area contributed by atoms with E-state index in [9.17, 15) is 4.79 Å². The topological polar surface area (TPSA) is 60.2 Å². The Labute approximate surface area is 237 Å². The second kappa shape index (κ2) is 20.0. The van der Waals surface area contributed by atoms with Crippen molar-refractivity contribution in [2.24, 2.45) is 16.1 Å². The number of aryl methyl sites for hydroxylation is 1. The zero-order chi connectivity index (χ0) is 28.1. The Morgan fingerprint density at radius 2 is 1.33 bits per heavy atom. The number of hydrogen-bond acceptors (Lipinski definition) is 5. The van der Waals surface area contributed by atoms with Crippen molar-refractivity contribution in [3.8, 4) is 5.75 Å². The molecule has 214 valence electrons. The van der Waals surface area contributed by atoms with Gasteiger partial charge in [0.05, 0.1) is 24.6 Å². The molecule has 5 heteroatoms. The molecule has 0 heterocycles. The van der Waals surface area contributed by atoms with Gasteiger partial charge in [-0.25, -0.2) is 4.79 Å². The van der Waals surface area contributed by atoms with Gasteiger partial charge in [-0.2, -0.15) is 10.2 Å². The maximum atomic E-state index is 11.9. The zero-order valence-corrected chi connectivity index (χ0v) is 24.6. The van der Waals surface area contributed by atoms with Crippen LogP contribution >= 0.6 is 0 Å². The van der Waals surface area contributed by atoms with Crippen LogP contribution in [-0.2, 0) is 16.0 Å². The molecule has 0 bridgehead atoms. The summed E-state index contributed by atoms with van der Waals surface area (Å²) in [4.78, 5) is 11.9. The van der Waals surface area contributed by atoms with Crippen LogP contribution in [0.2, 0.25) is 0 Å². The van der Waals surface area contributed by atoms with Crippen molar-refractivity contribution < 1.29 is 14.3 Å². The molecule has 39 heavy (non-hydrogen) atoms. The van der Waals surface area contributed by atoms with Gasteiger partial charge in [0.1, 0.15) is 5.75 Å². The van der Waals surface area contributed by atoms with Crippen molar-refractivity contribution in [1.29, 1.82) is 0 Å². The molecule has 0 aromatic heterocycles. The predicted molar refractivity (Wildman–Crippen MR) is 162 cm³/mol. The van der Waals surface area contributed by atoms with Crippen LogP contribution in [0.25, 0.3) is 0 Å². The minimum absolute atomic E-state index is 0.283. The van der Waals surface area contributed by atoms with Gasteiger partial charge in [0.25, 0.3) is 0 Å². The van der Waals surface area contributed by atoms with Gasteiger partial charge in [0.15, 0.2) is 0 Å². The van der Waals surface area contributed by atoms with Crippen molar-refractivity contribution in [1.82, 2.24) is 0 Å². The number of esters is 1. The Morgan fingerprint density at radius 3 is 1.95 bits per heavy atom. The van der Waals surface area contributed by atoms with Crippen LogP contribution in [0.15, 0.2) is 70.9 Å². The highest BCUT2D eigenvalue weighted by molar-refractivity contribution is 5.86. The number of carbonyl (C=O) groups excluding carboxylic acids is 1. The molecule has 5 nitrogen and oxygen atoms in total. The fourth-order valence-electron chi connectivity index (χ4n) is 4.40. The first-order chi connectivity index (χ1) is 19.0. The van der Waals surface area contributed by atoms with Gasteiger partial charge in [-0.3, -0.25) is 0 Å². The molecule has 0 aliphatic heterocycles. The summed E-state index contributed by atoms with van der Waals surface area (Å²) in [5.41, 5.74) is 3.47. The van der Waals surface area contributed by atoms with E-state index >= 15 is 0 Å². The number of unbranched alkanes of at least 4 members (excludes halogenated alkanes) is 7. The van der Waals surface area contributed by atoms with E-state index in [1.165, 1.54) is 56.9 Å². The molecule has 0 aliphatic rings. The molecule has 0 amide bonds. The van der Waals surface area contributed by atoms with Gasteiger partial charge in [-0.05, 0) is 93.3 Å². The van der Waals surface area contributed by atoms with Crippen LogP contribution in [0.5, 0.6) is 5.75 Å².